The SMILES string of the molecule is C[C@H]1COC2(CCN(C(=O)c3sc4c([N+](=O)[O-])cc(C(F)(F)F)cc4[n+]3[O-])CC2)O1. The summed E-state index contributed by atoms with van der Waals surface area (Å²) in [5, 5.41) is 23.4. The maximum absolute atomic E-state index is 13.1. The van der Waals surface area contributed by atoms with Crippen LogP contribution in [-0.4, -0.2) is 47.3 Å². The number of nitro benzene ring substituents is 1. The third-order valence-corrected chi connectivity index (χ3v) is 6.32. The van der Waals surface area contributed by atoms with Crippen LogP contribution in [0.5, 0.6) is 0 Å². The average Bonchev–Trinajstić information content (AvgIpc) is 3.20. The summed E-state index contributed by atoms with van der Waals surface area (Å²) in [6.45, 7) is 2.74. The number of rotatable bonds is 2. The Morgan fingerprint density at radius 1 is 1.37 bits per heavy atom. The van der Waals surface area contributed by atoms with E-state index >= 15 is 0 Å². The van der Waals surface area contributed by atoms with Crippen LogP contribution in [0, 0.1) is 15.3 Å². The molecule has 1 aromatic heterocycles. The minimum atomic E-state index is -4.88. The molecule has 0 saturated carbocycles. The molecule has 3 heterocycles. The minimum absolute atomic E-state index is 0.0413. The van der Waals surface area contributed by atoms with Gasteiger partial charge >= 0.3 is 17.1 Å². The van der Waals surface area contributed by atoms with E-state index in [1.807, 2.05) is 6.92 Å². The van der Waals surface area contributed by atoms with Crippen LogP contribution in [-0.2, 0) is 15.7 Å². The first-order chi connectivity index (χ1) is 14.0. The van der Waals surface area contributed by atoms with E-state index in [1.54, 1.807) is 0 Å². The van der Waals surface area contributed by atoms with Crippen LogP contribution in [0.1, 0.15) is 35.1 Å². The molecule has 0 radical (unpaired) electrons. The number of piperidine rings is 1. The van der Waals surface area contributed by atoms with Gasteiger partial charge in [0.25, 0.3) is 5.69 Å². The van der Waals surface area contributed by atoms with Gasteiger partial charge in [-0.2, -0.15) is 13.2 Å². The van der Waals surface area contributed by atoms with E-state index in [0.717, 1.165) is 0 Å². The smallest absolute Gasteiger partial charge is 0.416 e. The molecule has 0 N–H and O–H groups in total. The Labute approximate surface area is 171 Å². The second-order valence-electron chi connectivity index (χ2n) is 7.24. The summed E-state index contributed by atoms with van der Waals surface area (Å²) in [5.41, 5.74) is -2.75. The van der Waals surface area contributed by atoms with Gasteiger partial charge in [-0.3, -0.25) is 14.9 Å². The summed E-state index contributed by atoms with van der Waals surface area (Å²) in [4.78, 5) is 24.5. The fourth-order valence-electron chi connectivity index (χ4n) is 3.68. The van der Waals surface area contributed by atoms with Gasteiger partial charge in [-0.25, -0.2) is 0 Å². The van der Waals surface area contributed by atoms with Gasteiger partial charge in [-0.05, 0) is 18.3 Å². The largest absolute Gasteiger partial charge is 0.617 e. The lowest BCUT2D eigenvalue weighted by Crippen LogP contribution is -2.49. The van der Waals surface area contributed by atoms with Gasteiger partial charge in [0.05, 0.1) is 23.2 Å². The second-order valence-corrected chi connectivity index (χ2v) is 8.24. The van der Waals surface area contributed by atoms with Crippen molar-refractivity contribution in [3.63, 3.8) is 0 Å². The number of amides is 1. The summed E-state index contributed by atoms with van der Waals surface area (Å²) in [6, 6.07) is 0.892. The Kier molecular flexibility index (Phi) is 4.86. The highest BCUT2D eigenvalue weighted by Crippen LogP contribution is 2.39. The summed E-state index contributed by atoms with van der Waals surface area (Å²) >= 11 is 0.512. The lowest BCUT2D eigenvalue weighted by Gasteiger charge is -2.37. The number of fused-ring (bicyclic) bond motifs is 1. The van der Waals surface area contributed by atoms with E-state index in [2.05, 4.69) is 0 Å². The van der Waals surface area contributed by atoms with E-state index in [9.17, 15) is 33.3 Å². The van der Waals surface area contributed by atoms with E-state index in [4.69, 9.17) is 9.47 Å². The monoisotopic (exact) mass is 447 g/mol. The number of thiazole rings is 1. The number of benzene rings is 1. The number of nitro groups is 1. The molecule has 2 aromatic rings. The molecule has 13 heteroatoms. The lowest BCUT2D eigenvalue weighted by atomic mass is 10.0. The van der Waals surface area contributed by atoms with Crippen molar-refractivity contribution >= 4 is 33.1 Å². The van der Waals surface area contributed by atoms with E-state index in [0.29, 0.717) is 42.9 Å². The number of likely N-dealkylation sites (tertiary alicyclic amines) is 1. The third-order valence-electron chi connectivity index (χ3n) is 5.17. The molecule has 30 heavy (non-hydrogen) atoms. The maximum atomic E-state index is 13.1. The number of hydrogen-bond acceptors (Lipinski definition) is 7. The molecule has 1 aromatic carbocycles. The first-order valence-corrected chi connectivity index (χ1v) is 9.85. The molecule has 9 nitrogen and oxygen atoms in total. The van der Waals surface area contributed by atoms with Crippen molar-refractivity contribution in [3.8, 4) is 0 Å². The van der Waals surface area contributed by atoms with Crippen molar-refractivity contribution in [3.05, 3.63) is 38.0 Å². The molecule has 1 atom stereocenters. The highest BCUT2D eigenvalue weighted by atomic mass is 32.1. The fraction of sp³-hybridized carbons (Fsp3) is 0.529. The summed E-state index contributed by atoms with van der Waals surface area (Å²) in [7, 11) is 0. The zero-order chi connectivity index (χ0) is 21.8. The summed E-state index contributed by atoms with van der Waals surface area (Å²) in [5.74, 6) is -1.47. The molecule has 0 aliphatic carbocycles. The van der Waals surface area contributed by atoms with Crippen LogP contribution in [0.3, 0.4) is 0 Å². The number of alkyl halides is 3. The molecule has 1 spiro atoms. The highest BCUT2D eigenvalue weighted by molar-refractivity contribution is 7.20. The number of ether oxygens (including phenoxy) is 2. The van der Waals surface area contributed by atoms with Crippen molar-refractivity contribution in [1.29, 1.82) is 0 Å². The molecule has 2 fully saturated rings. The maximum Gasteiger partial charge on any atom is 0.416 e. The molecular weight excluding hydrogens is 431 g/mol. The molecule has 0 unspecified atom stereocenters. The predicted octanol–water partition coefficient (Wildman–Crippen LogP) is 2.83. The standard InChI is InChI=1S/C17H16F3N3O6S/c1-9-8-28-16(29-9)2-4-21(5-3-16)14(24)15-22(25)11-6-10(17(18,19)20)7-12(23(26)27)13(11)30-15/h6-7,9H,2-5,8H2,1H3/t9-/m0/s1. The number of hydrogen-bond donors (Lipinski definition) is 0. The highest BCUT2D eigenvalue weighted by Gasteiger charge is 2.45. The van der Waals surface area contributed by atoms with Gasteiger partial charge < -0.3 is 19.6 Å². The van der Waals surface area contributed by atoms with Crippen molar-refractivity contribution in [2.75, 3.05) is 19.7 Å². The summed E-state index contributed by atoms with van der Waals surface area (Å²) < 4.78 is 50.5. The number of carbonyl (C=O) groups excluding carboxylic acids is 1. The van der Waals surface area contributed by atoms with Crippen LogP contribution in [0.4, 0.5) is 18.9 Å². The zero-order valence-corrected chi connectivity index (χ0v) is 16.4. The van der Waals surface area contributed by atoms with Gasteiger partial charge in [-0.15, -0.1) is 4.73 Å². The van der Waals surface area contributed by atoms with E-state index in [-0.39, 0.29) is 28.6 Å². The van der Waals surface area contributed by atoms with Crippen LogP contribution >= 0.6 is 11.3 Å². The number of carbonyl (C=O) groups is 1. The second kappa shape index (κ2) is 7.03. The number of aromatic nitrogens is 1. The van der Waals surface area contributed by atoms with E-state index in [1.165, 1.54) is 4.90 Å². The molecule has 2 aliphatic heterocycles. The van der Waals surface area contributed by atoms with Crippen LogP contribution in [0.25, 0.3) is 10.2 Å². The normalized spacial score (nSPS) is 21.5. The predicted molar refractivity (Wildman–Crippen MR) is 96.8 cm³/mol. The molecular formula is C17H16F3N3O6S. The molecule has 4 rings (SSSR count). The number of halogens is 3. The fourth-order valence-corrected chi connectivity index (χ4v) is 4.76. The first-order valence-electron chi connectivity index (χ1n) is 9.03. The Morgan fingerprint density at radius 2 is 2.03 bits per heavy atom. The van der Waals surface area contributed by atoms with Gasteiger partial charge in [-0.1, -0.05) is 0 Å². The molecule has 1 amide bonds. The zero-order valence-electron chi connectivity index (χ0n) is 15.6. The van der Waals surface area contributed by atoms with Crippen LogP contribution in [0.15, 0.2) is 12.1 Å². The molecule has 162 valence electrons. The van der Waals surface area contributed by atoms with Gasteiger partial charge in [0.1, 0.15) is 0 Å². The third kappa shape index (κ3) is 3.46. The Balaban J connectivity index is 1.66. The quantitative estimate of drug-likeness (QED) is 0.303. The molecule has 2 aliphatic rings. The summed E-state index contributed by atoms with van der Waals surface area (Å²) in [6.07, 6.45) is -4.18. The molecule has 0 bridgehead atoms. The van der Waals surface area contributed by atoms with Crippen molar-refractivity contribution in [2.24, 2.45) is 0 Å². The van der Waals surface area contributed by atoms with Gasteiger partial charge in [0.15, 0.2) is 10.5 Å². The van der Waals surface area contributed by atoms with E-state index < -0.39 is 44.6 Å². The minimum Gasteiger partial charge on any atom is -0.617 e. The lowest BCUT2D eigenvalue weighted by molar-refractivity contribution is -0.574. The van der Waals surface area contributed by atoms with Crippen molar-refractivity contribution in [1.82, 2.24) is 4.90 Å². The first kappa shape index (κ1) is 20.8. The topological polar surface area (TPSA) is 109 Å². The van der Waals surface area contributed by atoms with Gasteiger partial charge in [0.2, 0.25) is 5.52 Å². The van der Waals surface area contributed by atoms with Crippen LogP contribution < -0.4 is 4.73 Å². The van der Waals surface area contributed by atoms with Crippen LogP contribution in [0.2, 0.25) is 0 Å². The number of non-ortho nitro benzene ring substituents is 1. The Morgan fingerprint density at radius 3 is 2.57 bits per heavy atom. The number of nitrogens with zero attached hydrogens (tertiary/aromatic N) is 3. The van der Waals surface area contributed by atoms with Crippen molar-refractivity contribution in [2.45, 2.75) is 37.8 Å². The van der Waals surface area contributed by atoms with Crippen molar-refractivity contribution < 1.29 is 37.1 Å². The Hall–Kier alpha value is -2.51. The molecule has 2 saturated heterocycles. The average molecular weight is 447 g/mol. The van der Waals surface area contributed by atoms with Gasteiger partial charge in [0, 0.05) is 38.1 Å². The Bertz CT molecular complexity index is 1030.